The van der Waals surface area contributed by atoms with Crippen LogP contribution in [0.15, 0.2) is 36.5 Å². The summed E-state index contributed by atoms with van der Waals surface area (Å²) < 4.78 is 34.5. The van der Waals surface area contributed by atoms with Crippen molar-refractivity contribution in [1.82, 2.24) is 5.32 Å². The molecule has 0 spiro atoms. The van der Waals surface area contributed by atoms with Gasteiger partial charge in [-0.3, -0.25) is 4.79 Å². The second-order valence-electron chi connectivity index (χ2n) is 32.8. The second kappa shape index (κ2) is 70.2. The molecule has 0 radical (unpaired) electrons. The van der Waals surface area contributed by atoms with E-state index < -0.39 is 124 Å². The number of amides is 1. The Balaban J connectivity index is 1.34. The zero-order valence-electron chi connectivity index (χ0n) is 69.3. The minimum absolute atomic E-state index is 0.237. The van der Waals surface area contributed by atoms with Gasteiger partial charge in [0.2, 0.25) is 5.91 Å². The number of carbonyl (C=O) groups is 1. The monoisotopic (exact) mass is 1550 g/mol. The number of hydrogen-bond donors (Lipinski definition) is 12. The van der Waals surface area contributed by atoms with Crippen LogP contribution < -0.4 is 5.32 Å². The predicted molar refractivity (Wildman–Crippen MR) is 439 cm³/mol. The van der Waals surface area contributed by atoms with E-state index in [1.165, 1.54) is 321 Å². The summed E-state index contributed by atoms with van der Waals surface area (Å²) >= 11 is 0. The number of unbranched alkanes of at least 4 members (excludes halogenated alkanes) is 55. The van der Waals surface area contributed by atoms with Crippen molar-refractivity contribution in [3.05, 3.63) is 36.5 Å². The zero-order valence-corrected chi connectivity index (χ0v) is 69.3. The lowest BCUT2D eigenvalue weighted by Crippen LogP contribution is -2.66. The third kappa shape index (κ3) is 49.0. The average Bonchev–Trinajstić information content (AvgIpc) is 0.780. The van der Waals surface area contributed by atoms with Crippen LogP contribution >= 0.6 is 0 Å². The fourth-order valence-corrected chi connectivity index (χ4v) is 15.6. The minimum atomic E-state index is -1.98. The van der Waals surface area contributed by atoms with Gasteiger partial charge in [0.1, 0.15) is 73.2 Å². The molecule has 0 aromatic rings. The summed E-state index contributed by atoms with van der Waals surface area (Å²) in [6.45, 7) is 1.79. The number of ether oxygens (including phenoxy) is 6. The van der Waals surface area contributed by atoms with Crippen molar-refractivity contribution in [3.63, 3.8) is 0 Å². The number of aliphatic hydroxyl groups is 11. The summed E-state index contributed by atoms with van der Waals surface area (Å²) in [5.41, 5.74) is 0. The second-order valence-corrected chi connectivity index (χ2v) is 32.8. The molecule has 19 nitrogen and oxygen atoms in total. The molecule has 642 valence electrons. The largest absolute Gasteiger partial charge is 0.394 e. The van der Waals surface area contributed by atoms with E-state index in [-0.39, 0.29) is 18.9 Å². The van der Waals surface area contributed by atoms with Crippen LogP contribution in [0.1, 0.15) is 399 Å². The van der Waals surface area contributed by atoms with Crippen LogP contribution in [-0.4, -0.2) is 193 Å². The summed E-state index contributed by atoms with van der Waals surface area (Å²) in [6, 6.07) is -0.997. The molecule has 109 heavy (non-hydrogen) atoms. The summed E-state index contributed by atoms with van der Waals surface area (Å²) in [5, 5.41) is 121. The molecule has 3 saturated heterocycles. The van der Waals surface area contributed by atoms with E-state index in [0.717, 1.165) is 44.9 Å². The van der Waals surface area contributed by atoms with Gasteiger partial charge in [0.05, 0.1) is 38.6 Å². The van der Waals surface area contributed by atoms with E-state index in [1.54, 1.807) is 6.08 Å². The first-order valence-electron chi connectivity index (χ1n) is 45.7. The molecule has 17 atom stereocenters. The van der Waals surface area contributed by atoms with Gasteiger partial charge in [-0.15, -0.1) is 0 Å². The summed E-state index contributed by atoms with van der Waals surface area (Å²) in [5.74, 6) is -0.281. The first kappa shape index (κ1) is 101. The molecule has 3 fully saturated rings. The predicted octanol–water partition coefficient (Wildman–Crippen LogP) is 17.4. The van der Waals surface area contributed by atoms with Gasteiger partial charge in [0.25, 0.3) is 0 Å². The van der Waals surface area contributed by atoms with Crippen molar-refractivity contribution in [1.29, 1.82) is 0 Å². The van der Waals surface area contributed by atoms with Crippen molar-refractivity contribution >= 4 is 5.91 Å². The topological polar surface area (TPSA) is 307 Å². The van der Waals surface area contributed by atoms with Gasteiger partial charge >= 0.3 is 0 Å². The standard InChI is InChI=1S/C90H169NO18/c1-3-5-7-9-11-13-15-17-19-21-23-25-27-29-31-33-35-36-38-40-42-44-46-48-50-52-54-56-58-60-62-64-66-68-78(96)91-73(74(95)67-65-63-61-59-57-55-53-51-49-47-45-43-41-39-37-34-32-30-28-26-24-22-20-18-16-14-12-10-8-6-4-2)72-104-88-84(102)81(99)86(76(70-93)106-88)109-90-85(103)82(100)87(77(71-94)107-90)108-89-83(101)80(98)79(97)75(69-92)105-89/h49,51,57,59,65,67,73-77,79-90,92-95,97-103H,3-48,50,52-56,58,60-64,66,68-72H2,1-2H3,(H,91,96)/b51-49+,59-57+,67-65+. The van der Waals surface area contributed by atoms with Crippen molar-refractivity contribution in [2.45, 2.75) is 503 Å². The molecule has 0 bridgehead atoms. The maximum Gasteiger partial charge on any atom is 0.220 e. The Morgan fingerprint density at radius 1 is 0.321 bits per heavy atom. The van der Waals surface area contributed by atoms with Crippen LogP contribution in [0.3, 0.4) is 0 Å². The molecule has 3 aliphatic heterocycles. The Hall–Kier alpha value is -1.99. The fraction of sp³-hybridized carbons (Fsp3) is 0.922. The Labute approximate surface area is 663 Å². The maximum absolute atomic E-state index is 13.5. The highest BCUT2D eigenvalue weighted by Crippen LogP contribution is 2.34. The van der Waals surface area contributed by atoms with Crippen molar-refractivity contribution in [3.8, 4) is 0 Å². The van der Waals surface area contributed by atoms with Gasteiger partial charge in [0.15, 0.2) is 18.9 Å². The lowest BCUT2D eigenvalue weighted by molar-refractivity contribution is -0.379. The highest BCUT2D eigenvalue weighted by molar-refractivity contribution is 5.76. The zero-order chi connectivity index (χ0) is 78.8. The van der Waals surface area contributed by atoms with E-state index in [9.17, 15) is 61.0 Å². The molecule has 0 aromatic carbocycles. The quantitative estimate of drug-likeness (QED) is 0.0199. The van der Waals surface area contributed by atoms with E-state index in [4.69, 9.17) is 28.4 Å². The molecule has 17 unspecified atom stereocenters. The number of rotatable bonds is 75. The van der Waals surface area contributed by atoms with E-state index in [1.807, 2.05) is 6.08 Å². The number of allylic oxidation sites excluding steroid dienone is 5. The number of nitrogens with one attached hydrogen (secondary N) is 1. The molecular formula is C90H169NO18. The van der Waals surface area contributed by atoms with Crippen molar-refractivity contribution < 1.29 is 89.4 Å². The highest BCUT2D eigenvalue weighted by atomic mass is 16.8. The van der Waals surface area contributed by atoms with Gasteiger partial charge < -0.3 is 89.9 Å². The van der Waals surface area contributed by atoms with Crippen molar-refractivity contribution in [2.75, 3.05) is 26.4 Å². The van der Waals surface area contributed by atoms with Crippen LogP contribution in [0.2, 0.25) is 0 Å². The van der Waals surface area contributed by atoms with Crippen LogP contribution in [0.25, 0.3) is 0 Å². The van der Waals surface area contributed by atoms with Gasteiger partial charge in [-0.2, -0.15) is 0 Å². The normalized spacial score (nSPS) is 25.4. The lowest BCUT2D eigenvalue weighted by atomic mass is 9.96. The van der Waals surface area contributed by atoms with Crippen LogP contribution in [-0.2, 0) is 33.2 Å². The number of aliphatic hydroxyl groups excluding tert-OH is 11. The average molecular weight is 1550 g/mol. The molecule has 19 heteroatoms. The molecule has 12 N–H and O–H groups in total. The van der Waals surface area contributed by atoms with Gasteiger partial charge in [-0.25, -0.2) is 0 Å². The van der Waals surface area contributed by atoms with Gasteiger partial charge in [0, 0.05) is 6.42 Å². The summed E-state index contributed by atoms with van der Waals surface area (Å²) in [7, 11) is 0. The lowest BCUT2D eigenvalue weighted by Gasteiger charge is -2.48. The molecule has 1 amide bonds. The van der Waals surface area contributed by atoms with Crippen LogP contribution in [0.5, 0.6) is 0 Å². The third-order valence-electron chi connectivity index (χ3n) is 22.9. The first-order valence-corrected chi connectivity index (χ1v) is 45.7. The van der Waals surface area contributed by atoms with E-state index in [0.29, 0.717) is 12.8 Å². The van der Waals surface area contributed by atoms with Gasteiger partial charge in [-0.05, 0) is 44.9 Å². The molecule has 3 rings (SSSR count). The SMILES string of the molecule is CCCCCCCCCCCCCCCCCCCCCCC/C=C/CC/C=C/CC/C=C/C(O)C(COC1OC(CO)C(OC2OC(CO)C(OC3OC(CO)C(O)C(O)C3O)C(O)C2O)C(O)C1O)NC(=O)CCCCCCCCCCCCCCCCCCCCCCCCCCCCCCCCCCC. The smallest absolute Gasteiger partial charge is 0.220 e. The molecule has 3 aliphatic rings. The van der Waals surface area contributed by atoms with Crippen molar-refractivity contribution in [2.24, 2.45) is 0 Å². The Kier molecular flexibility index (Phi) is 65.2. The van der Waals surface area contributed by atoms with E-state index in [2.05, 4.69) is 43.5 Å². The summed E-state index contributed by atoms with van der Waals surface area (Å²) in [6.07, 6.45) is 63.2. The molecule has 0 aliphatic carbocycles. The number of carbonyl (C=O) groups excluding carboxylic acids is 1. The third-order valence-corrected chi connectivity index (χ3v) is 22.9. The first-order chi connectivity index (χ1) is 53.3. The Morgan fingerprint density at radius 2 is 0.587 bits per heavy atom. The van der Waals surface area contributed by atoms with Crippen LogP contribution in [0, 0.1) is 0 Å². The highest BCUT2D eigenvalue weighted by Gasteiger charge is 2.54. The van der Waals surface area contributed by atoms with E-state index >= 15 is 0 Å². The number of hydrogen-bond acceptors (Lipinski definition) is 18. The molecule has 0 saturated carbocycles. The molecule has 3 heterocycles. The fourth-order valence-electron chi connectivity index (χ4n) is 15.6. The summed E-state index contributed by atoms with van der Waals surface area (Å²) in [4.78, 5) is 13.5. The van der Waals surface area contributed by atoms with Gasteiger partial charge in [-0.1, -0.05) is 384 Å². The van der Waals surface area contributed by atoms with Crippen LogP contribution in [0.4, 0.5) is 0 Å². The Bertz CT molecular complexity index is 2100. The molecular weight excluding hydrogens is 1380 g/mol. The molecule has 0 aromatic heterocycles. The minimum Gasteiger partial charge on any atom is -0.394 e. The maximum atomic E-state index is 13.5. The Morgan fingerprint density at radius 3 is 0.917 bits per heavy atom.